The van der Waals surface area contributed by atoms with E-state index >= 15 is 0 Å². The Kier molecular flexibility index (Phi) is 7.83. The zero-order valence-electron chi connectivity index (χ0n) is 12.7. The first kappa shape index (κ1) is 18.4. The Balaban J connectivity index is 4.02. The summed E-state index contributed by atoms with van der Waals surface area (Å²) >= 11 is 0. The zero-order valence-corrected chi connectivity index (χ0v) is 12.7. The predicted molar refractivity (Wildman–Crippen MR) is 75.4 cm³/mol. The molecule has 0 aromatic carbocycles. The Bertz CT molecular complexity index is 356. The molecular formula is C13H25N3O4. The molecule has 3 N–H and O–H groups in total. The molecule has 0 spiro atoms. The van der Waals surface area contributed by atoms with Crippen molar-refractivity contribution in [2.75, 3.05) is 26.7 Å². The number of urea groups is 1. The van der Waals surface area contributed by atoms with Gasteiger partial charge in [0.1, 0.15) is 0 Å². The van der Waals surface area contributed by atoms with Crippen molar-refractivity contribution in [2.45, 2.75) is 33.6 Å². The third kappa shape index (κ3) is 9.32. The van der Waals surface area contributed by atoms with Crippen molar-refractivity contribution in [1.29, 1.82) is 0 Å². The van der Waals surface area contributed by atoms with Gasteiger partial charge in [-0.25, -0.2) is 4.79 Å². The van der Waals surface area contributed by atoms with E-state index in [0.717, 1.165) is 6.54 Å². The van der Waals surface area contributed by atoms with Crippen LogP contribution < -0.4 is 10.6 Å². The second-order valence-electron chi connectivity index (χ2n) is 5.61. The molecule has 0 saturated heterocycles. The molecule has 0 bridgehead atoms. The molecule has 0 atom stereocenters. The van der Waals surface area contributed by atoms with Crippen molar-refractivity contribution < 1.29 is 19.5 Å². The number of carbonyl (C=O) groups is 3. The Morgan fingerprint density at radius 1 is 1.20 bits per heavy atom. The van der Waals surface area contributed by atoms with E-state index < -0.39 is 23.3 Å². The Morgan fingerprint density at radius 2 is 1.80 bits per heavy atom. The Morgan fingerprint density at radius 3 is 2.30 bits per heavy atom. The molecule has 116 valence electrons. The number of carbonyl (C=O) groups excluding carboxylic acids is 2. The molecular weight excluding hydrogens is 262 g/mol. The van der Waals surface area contributed by atoms with Gasteiger partial charge in [0.25, 0.3) is 0 Å². The number of hydrogen-bond donors (Lipinski definition) is 3. The van der Waals surface area contributed by atoms with Crippen LogP contribution in [-0.2, 0) is 9.59 Å². The quantitative estimate of drug-likeness (QED) is 0.609. The summed E-state index contributed by atoms with van der Waals surface area (Å²) in [5, 5.41) is 13.5. The van der Waals surface area contributed by atoms with Gasteiger partial charge in [0.2, 0.25) is 5.91 Å². The number of nitrogens with zero attached hydrogens (tertiary/aromatic N) is 1. The molecule has 0 rings (SSSR count). The van der Waals surface area contributed by atoms with E-state index in [1.807, 2.05) is 18.9 Å². The lowest BCUT2D eigenvalue weighted by Crippen LogP contribution is -2.43. The van der Waals surface area contributed by atoms with E-state index in [0.29, 0.717) is 13.1 Å². The van der Waals surface area contributed by atoms with Gasteiger partial charge in [0.15, 0.2) is 0 Å². The number of rotatable bonds is 8. The normalized spacial score (nSPS) is 11.2. The summed E-state index contributed by atoms with van der Waals surface area (Å²) in [4.78, 5) is 35.7. The maximum atomic E-state index is 11.6. The van der Waals surface area contributed by atoms with Crippen LogP contribution >= 0.6 is 0 Å². The van der Waals surface area contributed by atoms with E-state index in [4.69, 9.17) is 5.11 Å². The van der Waals surface area contributed by atoms with E-state index in [1.165, 1.54) is 0 Å². The van der Waals surface area contributed by atoms with Crippen LogP contribution in [0.2, 0.25) is 0 Å². The summed E-state index contributed by atoms with van der Waals surface area (Å²) in [6, 6.07) is -0.550. The average molecular weight is 287 g/mol. The number of carboxylic acids is 1. The van der Waals surface area contributed by atoms with Crippen LogP contribution in [-0.4, -0.2) is 54.6 Å². The first-order chi connectivity index (χ1) is 9.16. The van der Waals surface area contributed by atoms with Gasteiger partial charge >= 0.3 is 12.0 Å². The Labute approximate surface area is 119 Å². The molecule has 0 aromatic heterocycles. The van der Waals surface area contributed by atoms with Crippen molar-refractivity contribution in [3.8, 4) is 0 Å². The molecule has 7 heteroatoms. The molecule has 20 heavy (non-hydrogen) atoms. The molecule has 0 aliphatic carbocycles. The number of imide groups is 1. The fourth-order valence-electron chi connectivity index (χ4n) is 1.64. The fraction of sp³-hybridized carbons (Fsp3) is 0.769. The highest BCUT2D eigenvalue weighted by Crippen LogP contribution is 2.24. The molecule has 0 radical (unpaired) electrons. The highest BCUT2D eigenvalue weighted by atomic mass is 16.4. The zero-order chi connectivity index (χ0) is 15.8. The minimum Gasteiger partial charge on any atom is -0.481 e. The SMILES string of the molecule is CCN(C)CCNC(=O)NC(=O)CC(C)(C)CC(=O)O. The first-order valence-electron chi connectivity index (χ1n) is 6.64. The average Bonchev–Trinajstić information content (AvgIpc) is 2.25. The molecule has 0 unspecified atom stereocenters. The number of likely N-dealkylation sites (N-methyl/N-ethyl adjacent to an activating group) is 1. The number of amides is 3. The monoisotopic (exact) mass is 287 g/mol. The van der Waals surface area contributed by atoms with Gasteiger partial charge in [-0.3, -0.25) is 14.9 Å². The van der Waals surface area contributed by atoms with Gasteiger partial charge in [-0.05, 0) is 19.0 Å². The lowest BCUT2D eigenvalue weighted by atomic mass is 9.85. The number of carboxylic acid groups (broad SMARTS) is 1. The third-order valence-corrected chi connectivity index (χ3v) is 2.84. The highest BCUT2D eigenvalue weighted by Gasteiger charge is 2.25. The fourth-order valence-corrected chi connectivity index (χ4v) is 1.64. The molecule has 3 amide bonds. The summed E-state index contributed by atoms with van der Waals surface area (Å²) in [6.07, 6.45) is -0.134. The van der Waals surface area contributed by atoms with Gasteiger partial charge in [-0.1, -0.05) is 20.8 Å². The van der Waals surface area contributed by atoms with E-state index in [1.54, 1.807) is 13.8 Å². The van der Waals surface area contributed by atoms with E-state index in [9.17, 15) is 14.4 Å². The van der Waals surface area contributed by atoms with Gasteiger partial charge in [-0.2, -0.15) is 0 Å². The van der Waals surface area contributed by atoms with Gasteiger partial charge < -0.3 is 15.3 Å². The Hall–Kier alpha value is -1.63. The molecule has 0 heterocycles. The summed E-state index contributed by atoms with van der Waals surface area (Å²) in [6.45, 7) is 7.38. The highest BCUT2D eigenvalue weighted by molar-refractivity contribution is 5.94. The maximum Gasteiger partial charge on any atom is 0.321 e. The maximum absolute atomic E-state index is 11.6. The van der Waals surface area contributed by atoms with Gasteiger partial charge in [0, 0.05) is 19.5 Å². The first-order valence-corrected chi connectivity index (χ1v) is 6.64. The number of hydrogen-bond acceptors (Lipinski definition) is 4. The molecule has 0 aromatic rings. The van der Waals surface area contributed by atoms with Crippen molar-refractivity contribution in [3.05, 3.63) is 0 Å². The lowest BCUT2D eigenvalue weighted by Gasteiger charge is -2.21. The summed E-state index contributed by atoms with van der Waals surface area (Å²) in [5.74, 6) is -1.44. The van der Waals surface area contributed by atoms with Crippen LogP contribution in [0.5, 0.6) is 0 Å². The standard InChI is InChI=1S/C13H25N3O4/c1-5-16(4)7-6-14-12(20)15-10(17)8-13(2,3)9-11(18)19/h5-9H2,1-4H3,(H,18,19)(H2,14,15,17,20). The van der Waals surface area contributed by atoms with Gasteiger partial charge in [0.05, 0.1) is 6.42 Å². The molecule has 7 nitrogen and oxygen atoms in total. The van der Waals surface area contributed by atoms with Crippen LogP contribution in [0.25, 0.3) is 0 Å². The summed E-state index contributed by atoms with van der Waals surface area (Å²) < 4.78 is 0. The topological polar surface area (TPSA) is 98.7 Å². The second kappa shape index (κ2) is 8.52. The van der Waals surface area contributed by atoms with E-state index in [-0.39, 0.29) is 12.8 Å². The van der Waals surface area contributed by atoms with Crippen molar-refractivity contribution in [1.82, 2.24) is 15.5 Å². The molecule has 0 fully saturated rings. The summed E-state index contributed by atoms with van der Waals surface area (Å²) in [7, 11) is 1.93. The van der Waals surface area contributed by atoms with Gasteiger partial charge in [-0.15, -0.1) is 0 Å². The second-order valence-corrected chi connectivity index (χ2v) is 5.61. The van der Waals surface area contributed by atoms with Crippen LogP contribution in [0, 0.1) is 5.41 Å². The van der Waals surface area contributed by atoms with Crippen molar-refractivity contribution in [3.63, 3.8) is 0 Å². The van der Waals surface area contributed by atoms with Crippen LogP contribution in [0.4, 0.5) is 4.79 Å². The molecule has 0 aliphatic rings. The largest absolute Gasteiger partial charge is 0.481 e. The van der Waals surface area contributed by atoms with Crippen LogP contribution in [0.1, 0.15) is 33.6 Å². The number of aliphatic carboxylic acids is 1. The summed E-state index contributed by atoms with van der Waals surface area (Å²) in [5.41, 5.74) is -0.682. The third-order valence-electron chi connectivity index (χ3n) is 2.84. The predicted octanol–water partition coefficient (Wildman–Crippen LogP) is 0.655. The van der Waals surface area contributed by atoms with Crippen LogP contribution in [0.15, 0.2) is 0 Å². The smallest absolute Gasteiger partial charge is 0.321 e. The number of nitrogens with one attached hydrogen (secondary N) is 2. The minimum absolute atomic E-state index is 0.0123. The molecule has 0 aliphatic heterocycles. The van der Waals surface area contributed by atoms with Crippen LogP contribution in [0.3, 0.4) is 0 Å². The van der Waals surface area contributed by atoms with Crippen molar-refractivity contribution >= 4 is 17.9 Å². The van der Waals surface area contributed by atoms with E-state index in [2.05, 4.69) is 10.6 Å². The minimum atomic E-state index is -0.963. The molecule has 0 saturated carbocycles. The lowest BCUT2D eigenvalue weighted by molar-refractivity contribution is -0.139. The van der Waals surface area contributed by atoms with Crippen molar-refractivity contribution in [2.24, 2.45) is 5.41 Å².